The molecule has 1 saturated heterocycles. The maximum atomic E-state index is 12.7. The van der Waals surface area contributed by atoms with E-state index in [2.05, 4.69) is 0 Å². The van der Waals surface area contributed by atoms with Gasteiger partial charge < -0.3 is 9.64 Å². The first-order chi connectivity index (χ1) is 13.3. The molecule has 2 aliphatic heterocycles. The second-order valence-electron chi connectivity index (χ2n) is 7.75. The first kappa shape index (κ1) is 20.0. The summed E-state index contributed by atoms with van der Waals surface area (Å²) in [6, 6.07) is 5.54. The van der Waals surface area contributed by atoms with Gasteiger partial charge in [-0.1, -0.05) is 26.0 Å². The van der Waals surface area contributed by atoms with Crippen LogP contribution >= 0.6 is 0 Å². The van der Waals surface area contributed by atoms with Crippen molar-refractivity contribution in [1.82, 2.24) is 9.80 Å². The fourth-order valence-corrected chi connectivity index (χ4v) is 3.91. The Morgan fingerprint density at radius 2 is 1.71 bits per heavy atom. The summed E-state index contributed by atoms with van der Waals surface area (Å²) in [5, 5.41) is 0. The lowest BCUT2D eigenvalue weighted by Crippen LogP contribution is -2.50. The van der Waals surface area contributed by atoms with E-state index in [4.69, 9.17) is 4.74 Å². The van der Waals surface area contributed by atoms with Crippen molar-refractivity contribution in [3.63, 3.8) is 0 Å². The third kappa shape index (κ3) is 3.66. The highest BCUT2D eigenvalue weighted by Gasteiger charge is 2.44. The van der Waals surface area contributed by atoms with E-state index in [1.165, 1.54) is 0 Å². The predicted octanol–water partition coefficient (Wildman–Crippen LogP) is 2.25. The summed E-state index contributed by atoms with van der Waals surface area (Å²) in [4.78, 5) is 53.3. The summed E-state index contributed by atoms with van der Waals surface area (Å²) in [7, 11) is 0. The predicted molar refractivity (Wildman–Crippen MR) is 102 cm³/mol. The fraction of sp³-hybridized carbons (Fsp3) is 0.524. The molecule has 2 heterocycles. The van der Waals surface area contributed by atoms with Crippen molar-refractivity contribution >= 4 is 23.7 Å². The number of benzene rings is 1. The summed E-state index contributed by atoms with van der Waals surface area (Å²) >= 11 is 0. The standard InChI is InChI=1S/C21H26N2O5/c1-13(2)18(23-19(25)15-9-4-5-10-16(15)20(23)26)21(27)28-12-17(24)22-11-7-6-8-14(22)3/h4-5,9-10,13-14,18H,6-8,11-12H2,1-3H3/t14-,18+/m1/s1. The third-order valence-corrected chi connectivity index (χ3v) is 5.44. The molecule has 7 heteroatoms. The lowest BCUT2D eigenvalue weighted by Gasteiger charge is -2.33. The molecule has 0 N–H and O–H groups in total. The Labute approximate surface area is 164 Å². The molecule has 3 amide bonds. The Hall–Kier alpha value is -2.70. The maximum absolute atomic E-state index is 12.7. The number of likely N-dealkylation sites (tertiary alicyclic amines) is 1. The molecule has 1 aromatic carbocycles. The number of carbonyl (C=O) groups is 4. The van der Waals surface area contributed by atoms with Crippen LogP contribution in [0.25, 0.3) is 0 Å². The first-order valence-electron chi connectivity index (χ1n) is 9.76. The van der Waals surface area contributed by atoms with Crippen LogP contribution < -0.4 is 0 Å². The summed E-state index contributed by atoms with van der Waals surface area (Å²) in [5.41, 5.74) is 0.563. The van der Waals surface area contributed by atoms with E-state index in [0.717, 1.165) is 24.2 Å². The highest BCUT2D eigenvalue weighted by atomic mass is 16.5. The number of fused-ring (bicyclic) bond motifs is 1. The van der Waals surface area contributed by atoms with Crippen molar-refractivity contribution < 1.29 is 23.9 Å². The highest BCUT2D eigenvalue weighted by molar-refractivity contribution is 6.22. The fourth-order valence-electron chi connectivity index (χ4n) is 3.91. The topological polar surface area (TPSA) is 84.0 Å². The van der Waals surface area contributed by atoms with Crippen LogP contribution in [0.1, 0.15) is 60.7 Å². The molecule has 7 nitrogen and oxygen atoms in total. The average molecular weight is 386 g/mol. The van der Waals surface area contributed by atoms with Gasteiger partial charge in [0, 0.05) is 12.6 Å². The number of nitrogens with zero attached hydrogens (tertiary/aromatic N) is 2. The largest absolute Gasteiger partial charge is 0.454 e. The Balaban J connectivity index is 1.71. The van der Waals surface area contributed by atoms with Crippen LogP contribution in [0.2, 0.25) is 0 Å². The van der Waals surface area contributed by atoms with Crippen molar-refractivity contribution in [2.24, 2.45) is 5.92 Å². The van der Waals surface area contributed by atoms with Gasteiger partial charge in [0.05, 0.1) is 11.1 Å². The van der Waals surface area contributed by atoms with Gasteiger partial charge in [0.2, 0.25) is 0 Å². The molecule has 2 aliphatic rings. The quantitative estimate of drug-likeness (QED) is 0.572. The Bertz CT molecular complexity index is 769. The molecule has 150 valence electrons. The van der Waals surface area contributed by atoms with Gasteiger partial charge in [0.15, 0.2) is 6.61 Å². The molecule has 1 aromatic rings. The van der Waals surface area contributed by atoms with E-state index >= 15 is 0 Å². The van der Waals surface area contributed by atoms with Gasteiger partial charge in [-0.25, -0.2) is 4.79 Å². The second kappa shape index (κ2) is 8.12. The highest BCUT2D eigenvalue weighted by Crippen LogP contribution is 2.27. The number of imide groups is 1. The minimum atomic E-state index is -1.07. The van der Waals surface area contributed by atoms with E-state index in [9.17, 15) is 19.2 Å². The monoisotopic (exact) mass is 386 g/mol. The molecule has 0 aliphatic carbocycles. The number of hydrogen-bond acceptors (Lipinski definition) is 5. The van der Waals surface area contributed by atoms with Gasteiger partial charge in [0.1, 0.15) is 6.04 Å². The molecular weight excluding hydrogens is 360 g/mol. The van der Waals surface area contributed by atoms with Crippen LogP contribution in [-0.4, -0.2) is 58.7 Å². The Kier molecular flexibility index (Phi) is 5.82. The van der Waals surface area contributed by atoms with E-state index < -0.39 is 23.8 Å². The number of ether oxygens (including phenoxy) is 1. The minimum absolute atomic E-state index is 0.122. The van der Waals surface area contributed by atoms with Gasteiger partial charge in [0.25, 0.3) is 17.7 Å². The van der Waals surface area contributed by atoms with Crippen LogP contribution in [-0.2, 0) is 14.3 Å². The molecule has 2 atom stereocenters. The third-order valence-electron chi connectivity index (χ3n) is 5.44. The van der Waals surface area contributed by atoms with Crippen molar-refractivity contribution in [2.75, 3.05) is 13.2 Å². The van der Waals surface area contributed by atoms with Gasteiger partial charge in [-0.2, -0.15) is 0 Å². The smallest absolute Gasteiger partial charge is 0.330 e. The molecule has 0 radical (unpaired) electrons. The lowest BCUT2D eigenvalue weighted by atomic mass is 10.0. The molecule has 0 spiro atoms. The van der Waals surface area contributed by atoms with Crippen molar-refractivity contribution in [1.29, 1.82) is 0 Å². The molecule has 3 rings (SSSR count). The summed E-state index contributed by atoms with van der Waals surface area (Å²) in [5.74, 6) is -2.34. The molecule has 28 heavy (non-hydrogen) atoms. The van der Waals surface area contributed by atoms with E-state index in [0.29, 0.717) is 6.54 Å². The first-order valence-corrected chi connectivity index (χ1v) is 9.76. The van der Waals surface area contributed by atoms with Crippen molar-refractivity contribution in [2.45, 2.75) is 52.1 Å². The summed E-state index contributed by atoms with van der Waals surface area (Å²) in [6.07, 6.45) is 2.96. The Morgan fingerprint density at radius 3 is 2.25 bits per heavy atom. The summed E-state index contributed by atoms with van der Waals surface area (Å²) in [6.45, 7) is 5.74. The zero-order valence-electron chi connectivity index (χ0n) is 16.5. The molecule has 0 bridgehead atoms. The number of amides is 3. The second-order valence-corrected chi connectivity index (χ2v) is 7.75. The normalized spacial score (nSPS) is 20.4. The van der Waals surface area contributed by atoms with Gasteiger partial charge >= 0.3 is 5.97 Å². The van der Waals surface area contributed by atoms with Crippen molar-refractivity contribution in [3.05, 3.63) is 35.4 Å². The van der Waals surface area contributed by atoms with E-state index in [1.807, 2.05) is 6.92 Å². The maximum Gasteiger partial charge on any atom is 0.330 e. The van der Waals surface area contributed by atoms with Gasteiger partial charge in [-0.05, 0) is 44.2 Å². The zero-order valence-corrected chi connectivity index (χ0v) is 16.5. The Morgan fingerprint density at radius 1 is 1.11 bits per heavy atom. The van der Waals surface area contributed by atoms with E-state index in [1.54, 1.807) is 43.0 Å². The molecule has 1 fully saturated rings. The van der Waals surface area contributed by atoms with Crippen molar-refractivity contribution in [3.8, 4) is 0 Å². The van der Waals surface area contributed by atoms with Gasteiger partial charge in [-0.3, -0.25) is 19.3 Å². The van der Waals surface area contributed by atoms with Crippen LogP contribution in [0, 0.1) is 5.92 Å². The number of hydrogen-bond donors (Lipinski definition) is 0. The minimum Gasteiger partial charge on any atom is -0.454 e. The van der Waals surface area contributed by atoms with Gasteiger partial charge in [-0.15, -0.1) is 0 Å². The number of carbonyl (C=O) groups excluding carboxylic acids is 4. The molecule has 0 aromatic heterocycles. The number of rotatable bonds is 5. The average Bonchev–Trinajstić information content (AvgIpc) is 2.92. The summed E-state index contributed by atoms with van der Waals surface area (Å²) < 4.78 is 5.26. The molecular formula is C21H26N2O5. The SMILES string of the molecule is CC(C)[C@@H](C(=O)OCC(=O)N1CCCC[C@H]1C)N1C(=O)c2ccccc2C1=O. The number of piperidine rings is 1. The van der Waals surface area contributed by atoms with Crippen LogP contribution in [0.5, 0.6) is 0 Å². The van der Waals surface area contributed by atoms with Crippen LogP contribution in [0.4, 0.5) is 0 Å². The van der Waals surface area contributed by atoms with E-state index in [-0.39, 0.29) is 35.6 Å². The lowest BCUT2D eigenvalue weighted by molar-refractivity contribution is -0.157. The molecule has 0 saturated carbocycles. The number of esters is 1. The van der Waals surface area contributed by atoms with Crippen LogP contribution in [0.3, 0.4) is 0 Å². The van der Waals surface area contributed by atoms with Crippen LogP contribution in [0.15, 0.2) is 24.3 Å². The zero-order chi connectivity index (χ0) is 20.4. The molecule has 0 unspecified atom stereocenters.